The summed E-state index contributed by atoms with van der Waals surface area (Å²) in [6, 6.07) is 6.92. The van der Waals surface area contributed by atoms with E-state index in [9.17, 15) is 13.2 Å². The highest BCUT2D eigenvalue weighted by atomic mass is 32.2. The van der Waals surface area contributed by atoms with Gasteiger partial charge in [-0.2, -0.15) is 0 Å². The highest BCUT2D eigenvalue weighted by Gasteiger charge is 2.26. The number of nitrogens with zero attached hydrogens (tertiary/aromatic N) is 1. The summed E-state index contributed by atoms with van der Waals surface area (Å²) in [5.74, 6) is 0.188. The lowest BCUT2D eigenvalue weighted by Gasteiger charge is -2.32. The van der Waals surface area contributed by atoms with E-state index in [1.54, 1.807) is 12.1 Å². The molecule has 1 aliphatic rings. The lowest BCUT2D eigenvalue weighted by Crippen LogP contribution is -2.46. The van der Waals surface area contributed by atoms with E-state index >= 15 is 0 Å². The Bertz CT molecular complexity index is 633. The first kappa shape index (κ1) is 18.9. The van der Waals surface area contributed by atoms with E-state index in [4.69, 9.17) is 0 Å². The Kier molecular flexibility index (Phi) is 6.80. The number of rotatable bonds is 7. The standard InChI is InChI=1S/C18H28N2O3S/c1-3-5-6-18(21)20-13-11-16(12-14-20)19-24(22,23)17-9-7-15(4-2)8-10-17/h7-10,16,19H,3-6,11-14H2,1-2H3. The largest absolute Gasteiger partial charge is 0.343 e. The molecule has 1 heterocycles. The molecule has 0 radical (unpaired) electrons. The molecular weight excluding hydrogens is 324 g/mol. The SMILES string of the molecule is CCCCC(=O)N1CCC(NS(=O)(=O)c2ccc(CC)cc2)CC1. The normalized spacial score (nSPS) is 16.3. The molecule has 0 saturated carbocycles. The van der Waals surface area contributed by atoms with Gasteiger partial charge in [0.25, 0.3) is 0 Å². The van der Waals surface area contributed by atoms with Crippen molar-refractivity contribution in [1.29, 1.82) is 0 Å². The highest BCUT2D eigenvalue weighted by molar-refractivity contribution is 7.89. The van der Waals surface area contributed by atoms with Crippen LogP contribution in [0.4, 0.5) is 0 Å². The Labute approximate surface area is 145 Å². The maximum Gasteiger partial charge on any atom is 0.240 e. The van der Waals surface area contributed by atoms with Crippen molar-refractivity contribution < 1.29 is 13.2 Å². The Morgan fingerprint density at radius 1 is 1.17 bits per heavy atom. The Morgan fingerprint density at radius 3 is 2.33 bits per heavy atom. The first-order chi connectivity index (χ1) is 11.5. The molecule has 1 N–H and O–H groups in total. The summed E-state index contributed by atoms with van der Waals surface area (Å²) in [6.07, 6.45) is 4.75. The van der Waals surface area contributed by atoms with Crippen LogP contribution in [0.5, 0.6) is 0 Å². The summed E-state index contributed by atoms with van der Waals surface area (Å²) in [5.41, 5.74) is 1.12. The maximum atomic E-state index is 12.5. The lowest BCUT2D eigenvalue weighted by atomic mass is 10.1. The maximum absolute atomic E-state index is 12.5. The molecule has 5 nitrogen and oxygen atoms in total. The predicted molar refractivity (Wildman–Crippen MR) is 95.3 cm³/mol. The van der Waals surface area contributed by atoms with Crippen molar-refractivity contribution in [3.63, 3.8) is 0 Å². The van der Waals surface area contributed by atoms with E-state index in [0.717, 1.165) is 24.8 Å². The van der Waals surface area contributed by atoms with Crippen molar-refractivity contribution in [1.82, 2.24) is 9.62 Å². The van der Waals surface area contributed by atoms with Gasteiger partial charge in [0.2, 0.25) is 15.9 Å². The summed E-state index contributed by atoms with van der Waals surface area (Å²) in [6.45, 7) is 5.37. The number of benzene rings is 1. The molecule has 0 bridgehead atoms. The summed E-state index contributed by atoms with van der Waals surface area (Å²) in [4.78, 5) is 14.2. The second kappa shape index (κ2) is 8.62. The summed E-state index contributed by atoms with van der Waals surface area (Å²) in [7, 11) is -3.49. The average Bonchev–Trinajstić information content (AvgIpc) is 2.60. The van der Waals surface area contributed by atoms with E-state index in [-0.39, 0.29) is 11.9 Å². The Balaban J connectivity index is 1.89. The highest BCUT2D eigenvalue weighted by Crippen LogP contribution is 2.17. The topological polar surface area (TPSA) is 66.5 Å². The van der Waals surface area contributed by atoms with E-state index in [1.165, 1.54) is 0 Å². The number of nitrogens with one attached hydrogen (secondary N) is 1. The zero-order valence-corrected chi connectivity index (χ0v) is 15.4. The third-order valence-corrected chi connectivity index (χ3v) is 6.09. The molecule has 134 valence electrons. The number of amides is 1. The van der Waals surface area contributed by atoms with Gasteiger partial charge >= 0.3 is 0 Å². The van der Waals surface area contributed by atoms with Gasteiger partial charge in [-0.1, -0.05) is 32.4 Å². The number of sulfonamides is 1. The van der Waals surface area contributed by atoms with Gasteiger partial charge in [-0.05, 0) is 43.4 Å². The van der Waals surface area contributed by atoms with Crippen LogP contribution >= 0.6 is 0 Å². The average molecular weight is 353 g/mol. The molecular formula is C18H28N2O3S. The van der Waals surface area contributed by atoms with E-state index in [2.05, 4.69) is 11.6 Å². The third-order valence-electron chi connectivity index (χ3n) is 4.56. The molecule has 0 aliphatic carbocycles. The number of aryl methyl sites for hydroxylation is 1. The Morgan fingerprint density at radius 2 is 1.79 bits per heavy atom. The minimum atomic E-state index is -3.49. The van der Waals surface area contributed by atoms with Crippen LogP contribution in [-0.2, 0) is 21.2 Å². The number of carbonyl (C=O) groups excluding carboxylic acids is 1. The van der Waals surface area contributed by atoms with E-state index in [0.29, 0.717) is 37.2 Å². The quantitative estimate of drug-likeness (QED) is 0.820. The van der Waals surface area contributed by atoms with E-state index < -0.39 is 10.0 Å². The number of unbranched alkanes of at least 4 members (excludes halogenated alkanes) is 1. The van der Waals surface area contributed by atoms with Gasteiger partial charge in [-0.25, -0.2) is 13.1 Å². The summed E-state index contributed by atoms with van der Waals surface area (Å²) < 4.78 is 27.7. The van der Waals surface area contributed by atoms with Crippen LogP contribution in [0.3, 0.4) is 0 Å². The molecule has 0 unspecified atom stereocenters. The number of piperidine rings is 1. The van der Waals surface area contributed by atoms with Gasteiger partial charge in [0, 0.05) is 25.6 Å². The molecule has 1 aromatic carbocycles. The van der Waals surface area contributed by atoms with Gasteiger partial charge in [-0.15, -0.1) is 0 Å². The van der Waals surface area contributed by atoms with Crippen LogP contribution < -0.4 is 4.72 Å². The molecule has 1 fully saturated rings. The lowest BCUT2D eigenvalue weighted by molar-refractivity contribution is -0.132. The van der Waals surface area contributed by atoms with Crippen molar-refractivity contribution in [3.8, 4) is 0 Å². The summed E-state index contributed by atoms with van der Waals surface area (Å²) >= 11 is 0. The van der Waals surface area contributed by atoms with E-state index in [1.807, 2.05) is 24.0 Å². The van der Waals surface area contributed by atoms with Crippen molar-refractivity contribution >= 4 is 15.9 Å². The molecule has 24 heavy (non-hydrogen) atoms. The fourth-order valence-corrected chi connectivity index (χ4v) is 4.23. The first-order valence-electron chi connectivity index (χ1n) is 8.85. The number of hydrogen-bond donors (Lipinski definition) is 1. The van der Waals surface area contributed by atoms with Gasteiger partial charge < -0.3 is 4.90 Å². The van der Waals surface area contributed by atoms with Crippen molar-refractivity contribution in [2.45, 2.75) is 63.3 Å². The second-order valence-corrected chi connectivity index (χ2v) is 8.09. The second-order valence-electron chi connectivity index (χ2n) is 6.38. The zero-order chi connectivity index (χ0) is 17.6. The van der Waals surface area contributed by atoms with Crippen LogP contribution in [-0.4, -0.2) is 38.4 Å². The van der Waals surface area contributed by atoms with Gasteiger partial charge in [-0.3, -0.25) is 4.79 Å². The monoisotopic (exact) mass is 352 g/mol. The smallest absolute Gasteiger partial charge is 0.240 e. The van der Waals surface area contributed by atoms with Crippen molar-refractivity contribution in [2.75, 3.05) is 13.1 Å². The third kappa shape index (κ3) is 5.05. The fraction of sp³-hybridized carbons (Fsp3) is 0.611. The molecule has 2 rings (SSSR count). The minimum absolute atomic E-state index is 0.101. The van der Waals surface area contributed by atoms with Gasteiger partial charge in [0.1, 0.15) is 0 Å². The van der Waals surface area contributed by atoms with Gasteiger partial charge in [0.15, 0.2) is 0 Å². The predicted octanol–water partition coefficient (Wildman–Crippen LogP) is 2.71. The fourth-order valence-electron chi connectivity index (χ4n) is 2.92. The number of carbonyl (C=O) groups is 1. The minimum Gasteiger partial charge on any atom is -0.343 e. The van der Waals surface area contributed by atoms with Crippen LogP contribution in [0.25, 0.3) is 0 Å². The van der Waals surface area contributed by atoms with Crippen LogP contribution in [0.15, 0.2) is 29.2 Å². The summed E-state index contributed by atoms with van der Waals surface area (Å²) in [5, 5.41) is 0. The van der Waals surface area contributed by atoms with Gasteiger partial charge in [0.05, 0.1) is 4.90 Å². The number of hydrogen-bond acceptors (Lipinski definition) is 3. The first-order valence-corrected chi connectivity index (χ1v) is 10.3. The Hall–Kier alpha value is -1.40. The molecule has 0 spiro atoms. The van der Waals surface area contributed by atoms with Crippen LogP contribution in [0.1, 0.15) is 51.5 Å². The van der Waals surface area contributed by atoms with Crippen LogP contribution in [0, 0.1) is 0 Å². The molecule has 1 aromatic rings. The van der Waals surface area contributed by atoms with Crippen molar-refractivity contribution in [3.05, 3.63) is 29.8 Å². The molecule has 1 aliphatic heterocycles. The van der Waals surface area contributed by atoms with Crippen molar-refractivity contribution in [2.24, 2.45) is 0 Å². The molecule has 6 heteroatoms. The number of likely N-dealkylation sites (tertiary alicyclic amines) is 1. The molecule has 1 amide bonds. The zero-order valence-electron chi connectivity index (χ0n) is 14.6. The molecule has 0 aromatic heterocycles. The molecule has 1 saturated heterocycles. The van der Waals surface area contributed by atoms with Crippen LogP contribution in [0.2, 0.25) is 0 Å². The molecule has 0 atom stereocenters.